The Balaban J connectivity index is 2.20. The van der Waals surface area contributed by atoms with Gasteiger partial charge in [-0.1, -0.05) is 0 Å². The first-order valence-corrected chi connectivity index (χ1v) is 8.85. The van der Waals surface area contributed by atoms with Crippen molar-refractivity contribution in [2.45, 2.75) is 25.8 Å². The van der Waals surface area contributed by atoms with E-state index in [1.165, 1.54) is 0 Å². The molecule has 0 bridgehead atoms. The summed E-state index contributed by atoms with van der Waals surface area (Å²) in [6, 6.07) is -0.0157. The van der Waals surface area contributed by atoms with Crippen LogP contribution >= 0.6 is 11.8 Å². The van der Waals surface area contributed by atoms with Crippen molar-refractivity contribution < 1.29 is 8.42 Å². The highest BCUT2D eigenvalue weighted by atomic mass is 32.2. The van der Waals surface area contributed by atoms with Gasteiger partial charge in [-0.05, 0) is 19.6 Å². The molecule has 1 aromatic heterocycles. The zero-order valence-corrected chi connectivity index (χ0v) is 11.7. The van der Waals surface area contributed by atoms with Crippen molar-refractivity contribution in [3.63, 3.8) is 0 Å². The molecule has 0 N–H and O–H groups in total. The number of nitrogens with zero attached hydrogens (tertiary/aromatic N) is 3. The predicted molar refractivity (Wildman–Crippen MR) is 69.2 cm³/mol. The summed E-state index contributed by atoms with van der Waals surface area (Å²) in [6.45, 7) is 1.85. The Bertz CT molecular complexity index is 496. The lowest BCUT2D eigenvalue weighted by atomic mass is 10.2. The van der Waals surface area contributed by atoms with E-state index in [0.29, 0.717) is 6.42 Å². The zero-order valence-electron chi connectivity index (χ0n) is 10.1. The van der Waals surface area contributed by atoms with Gasteiger partial charge in [-0.2, -0.15) is 16.9 Å². The molecule has 17 heavy (non-hydrogen) atoms. The molecule has 0 aromatic carbocycles. The monoisotopic (exact) mass is 275 g/mol. The summed E-state index contributed by atoms with van der Waals surface area (Å²) in [7, 11) is -2.87. The van der Waals surface area contributed by atoms with Gasteiger partial charge >= 0.3 is 0 Å². The van der Waals surface area contributed by atoms with Gasteiger partial charge < -0.3 is 0 Å². The topological polar surface area (TPSA) is 64.8 Å². The molecule has 2 rings (SSSR count). The summed E-state index contributed by atoms with van der Waals surface area (Å²) < 4.78 is 24.8. The summed E-state index contributed by atoms with van der Waals surface area (Å²) in [6.07, 6.45) is 3.56. The van der Waals surface area contributed by atoms with Crippen LogP contribution in [-0.2, 0) is 16.3 Å². The van der Waals surface area contributed by atoms with Crippen LogP contribution in [-0.4, -0.2) is 46.7 Å². The Morgan fingerprint density at radius 3 is 2.88 bits per heavy atom. The van der Waals surface area contributed by atoms with E-state index < -0.39 is 9.84 Å². The van der Waals surface area contributed by atoms with Gasteiger partial charge in [0.05, 0.1) is 17.5 Å². The maximum absolute atomic E-state index is 11.5. The summed E-state index contributed by atoms with van der Waals surface area (Å²) >= 11 is 1.76. The van der Waals surface area contributed by atoms with Crippen molar-refractivity contribution in [2.75, 3.05) is 23.5 Å². The first kappa shape index (κ1) is 12.9. The molecule has 96 valence electrons. The maximum Gasteiger partial charge on any atom is 0.152 e. The summed E-state index contributed by atoms with van der Waals surface area (Å²) in [5.41, 5.74) is 0. The molecule has 0 spiro atoms. The molecule has 1 aliphatic rings. The molecule has 1 unspecified atom stereocenters. The average Bonchev–Trinajstić information content (AvgIpc) is 2.78. The number of rotatable bonds is 4. The largest absolute Gasteiger partial charge is 0.246 e. The standard InChI is InChI=1S/C10H17N3O2S2/c1-8-11-10(3-5-16-2)13(12-8)9-4-6-17(14,15)7-9/h9H,3-7H2,1-2H3. The summed E-state index contributed by atoms with van der Waals surface area (Å²) in [5.74, 6) is 3.11. The van der Waals surface area contributed by atoms with E-state index in [-0.39, 0.29) is 17.5 Å². The zero-order chi connectivity index (χ0) is 12.5. The minimum atomic E-state index is -2.87. The van der Waals surface area contributed by atoms with Gasteiger partial charge in [0.15, 0.2) is 9.84 Å². The van der Waals surface area contributed by atoms with Gasteiger partial charge in [0.25, 0.3) is 0 Å². The average molecular weight is 275 g/mol. The Kier molecular flexibility index (Phi) is 3.77. The SMILES string of the molecule is CSCCc1nc(C)nn1C1CCS(=O)(=O)C1. The van der Waals surface area contributed by atoms with E-state index in [9.17, 15) is 8.42 Å². The third-order valence-corrected chi connectivity index (χ3v) is 5.25. The Morgan fingerprint density at radius 1 is 1.53 bits per heavy atom. The highest BCUT2D eigenvalue weighted by Gasteiger charge is 2.31. The van der Waals surface area contributed by atoms with Gasteiger partial charge in [-0.3, -0.25) is 0 Å². The van der Waals surface area contributed by atoms with Gasteiger partial charge in [-0.15, -0.1) is 0 Å². The first-order valence-electron chi connectivity index (χ1n) is 5.63. The number of hydrogen-bond acceptors (Lipinski definition) is 5. The van der Waals surface area contributed by atoms with E-state index in [2.05, 4.69) is 10.1 Å². The summed E-state index contributed by atoms with van der Waals surface area (Å²) in [5, 5.41) is 4.34. The second-order valence-corrected chi connectivity index (χ2v) is 7.53. The van der Waals surface area contributed by atoms with Gasteiger partial charge in [0.1, 0.15) is 11.6 Å². The van der Waals surface area contributed by atoms with Crippen molar-refractivity contribution in [1.29, 1.82) is 0 Å². The molecule has 1 atom stereocenters. The Hall–Kier alpha value is -0.560. The number of aryl methyl sites for hydroxylation is 2. The predicted octanol–water partition coefficient (Wildman–Crippen LogP) is 0.852. The van der Waals surface area contributed by atoms with Crippen LogP contribution in [0.15, 0.2) is 0 Å². The Labute approximate surface area is 106 Å². The molecule has 0 radical (unpaired) electrons. The third-order valence-electron chi connectivity index (χ3n) is 2.89. The maximum atomic E-state index is 11.5. The lowest BCUT2D eigenvalue weighted by molar-refractivity contribution is 0.478. The normalized spacial score (nSPS) is 23.1. The molecular formula is C10H17N3O2S2. The first-order chi connectivity index (χ1) is 8.02. The minimum absolute atomic E-state index is 0.0157. The molecule has 0 amide bonds. The molecule has 5 nitrogen and oxygen atoms in total. The van der Waals surface area contributed by atoms with Crippen LogP contribution in [0.25, 0.3) is 0 Å². The van der Waals surface area contributed by atoms with Crippen LogP contribution < -0.4 is 0 Å². The van der Waals surface area contributed by atoms with Gasteiger partial charge in [-0.25, -0.2) is 18.1 Å². The van der Waals surface area contributed by atoms with E-state index >= 15 is 0 Å². The summed E-state index contributed by atoms with van der Waals surface area (Å²) in [4.78, 5) is 4.38. The molecule has 7 heteroatoms. The lowest BCUT2D eigenvalue weighted by Crippen LogP contribution is -2.16. The fraction of sp³-hybridized carbons (Fsp3) is 0.800. The molecule has 1 saturated heterocycles. The fourth-order valence-electron chi connectivity index (χ4n) is 2.10. The van der Waals surface area contributed by atoms with E-state index in [0.717, 1.165) is 23.8 Å². The van der Waals surface area contributed by atoms with Crippen molar-refractivity contribution >= 4 is 21.6 Å². The molecule has 1 aromatic rings. The van der Waals surface area contributed by atoms with Crippen LogP contribution in [0.4, 0.5) is 0 Å². The smallest absolute Gasteiger partial charge is 0.152 e. The van der Waals surface area contributed by atoms with Crippen LogP contribution in [0.1, 0.15) is 24.1 Å². The van der Waals surface area contributed by atoms with Crippen LogP contribution in [0.3, 0.4) is 0 Å². The number of aromatic nitrogens is 3. The number of hydrogen-bond donors (Lipinski definition) is 0. The van der Waals surface area contributed by atoms with Gasteiger partial charge in [0, 0.05) is 12.2 Å². The molecule has 0 saturated carbocycles. The minimum Gasteiger partial charge on any atom is -0.246 e. The molecule has 1 aliphatic heterocycles. The van der Waals surface area contributed by atoms with Crippen LogP contribution in [0.2, 0.25) is 0 Å². The van der Waals surface area contributed by atoms with Gasteiger partial charge in [0.2, 0.25) is 0 Å². The van der Waals surface area contributed by atoms with Crippen molar-refractivity contribution in [3.8, 4) is 0 Å². The number of sulfone groups is 1. The molecule has 2 heterocycles. The van der Waals surface area contributed by atoms with Crippen molar-refractivity contribution in [1.82, 2.24) is 14.8 Å². The van der Waals surface area contributed by atoms with Crippen molar-refractivity contribution in [2.24, 2.45) is 0 Å². The van der Waals surface area contributed by atoms with Crippen LogP contribution in [0, 0.1) is 6.92 Å². The number of thioether (sulfide) groups is 1. The second kappa shape index (κ2) is 4.97. The third kappa shape index (κ3) is 3.01. The van der Waals surface area contributed by atoms with Crippen LogP contribution in [0.5, 0.6) is 0 Å². The van der Waals surface area contributed by atoms with E-state index in [1.54, 1.807) is 11.8 Å². The lowest BCUT2D eigenvalue weighted by Gasteiger charge is -2.11. The fourth-order valence-corrected chi connectivity index (χ4v) is 4.18. The molecule has 0 aliphatic carbocycles. The molecular weight excluding hydrogens is 258 g/mol. The highest BCUT2D eigenvalue weighted by Crippen LogP contribution is 2.24. The van der Waals surface area contributed by atoms with E-state index in [1.807, 2.05) is 17.9 Å². The Morgan fingerprint density at radius 2 is 2.29 bits per heavy atom. The quantitative estimate of drug-likeness (QED) is 0.815. The highest BCUT2D eigenvalue weighted by molar-refractivity contribution is 7.98. The molecule has 1 fully saturated rings. The second-order valence-electron chi connectivity index (χ2n) is 4.32. The van der Waals surface area contributed by atoms with E-state index in [4.69, 9.17) is 0 Å². The van der Waals surface area contributed by atoms with Crippen molar-refractivity contribution in [3.05, 3.63) is 11.6 Å².